The zero-order valence-corrected chi connectivity index (χ0v) is 7.65. The molecule has 0 saturated heterocycles. The van der Waals surface area contributed by atoms with Gasteiger partial charge in [0.2, 0.25) is 0 Å². The average molecular weight is 182 g/mol. The molecule has 1 N–H and O–H groups in total. The van der Waals surface area contributed by atoms with Crippen LogP contribution in [0.5, 0.6) is 0 Å². The Hall–Kier alpha value is -1.09. The Bertz CT molecular complexity index is 312. The Labute approximate surface area is 75.2 Å². The Morgan fingerprint density at radius 3 is 2.83 bits per heavy atom. The maximum Gasteiger partial charge on any atom is 0.331 e. The Morgan fingerprint density at radius 2 is 2.42 bits per heavy atom. The largest absolute Gasteiger partial charge is 0.478 e. The second kappa shape index (κ2) is 3.54. The van der Waals surface area contributed by atoms with Crippen LogP contribution in [-0.4, -0.2) is 11.1 Å². The molecule has 0 bridgehead atoms. The number of rotatable bonds is 3. The molecule has 0 spiro atoms. The topological polar surface area (TPSA) is 37.3 Å². The second-order valence-corrected chi connectivity index (χ2v) is 3.61. The van der Waals surface area contributed by atoms with Gasteiger partial charge >= 0.3 is 5.97 Å². The molecule has 3 heteroatoms. The molecule has 1 heterocycles. The molecule has 0 aromatic carbocycles. The summed E-state index contributed by atoms with van der Waals surface area (Å²) in [6.07, 6.45) is 0.457. The summed E-state index contributed by atoms with van der Waals surface area (Å²) in [4.78, 5) is 11.5. The molecule has 0 saturated carbocycles. The molecule has 0 unspecified atom stereocenters. The fourth-order valence-corrected chi connectivity index (χ4v) is 1.80. The number of carboxylic acid groups (broad SMARTS) is 1. The van der Waals surface area contributed by atoms with Crippen LogP contribution in [0.3, 0.4) is 0 Å². The van der Waals surface area contributed by atoms with Crippen molar-refractivity contribution in [3.8, 4) is 0 Å². The molecule has 0 aliphatic heterocycles. The van der Waals surface area contributed by atoms with Crippen molar-refractivity contribution < 1.29 is 9.90 Å². The highest BCUT2D eigenvalue weighted by atomic mass is 32.1. The number of thiophene rings is 1. The van der Waals surface area contributed by atoms with E-state index in [0.717, 1.165) is 10.4 Å². The molecular formula is C9H10O2S. The van der Waals surface area contributed by atoms with E-state index in [1.807, 2.05) is 18.4 Å². The van der Waals surface area contributed by atoms with Gasteiger partial charge in [0.05, 0.1) is 0 Å². The van der Waals surface area contributed by atoms with Crippen molar-refractivity contribution in [2.45, 2.75) is 13.3 Å². The van der Waals surface area contributed by atoms with E-state index >= 15 is 0 Å². The van der Waals surface area contributed by atoms with Crippen LogP contribution in [-0.2, 0) is 11.2 Å². The van der Waals surface area contributed by atoms with E-state index < -0.39 is 5.97 Å². The summed E-state index contributed by atoms with van der Waals surface area (Å²) in [5.41, 5.74) is 1.39. The zero-order valence-electron chi connectivity index (χ0n) is 6.83. The van der Waals surface area contributed by atoms with Crippen LogP contribution in [0, 0.1) is 6.92 Å². The number of hydrogen-bond acceptors (Lipinski definition) is 2. The fraction of sp³-hybridized carbons (Fsp3) is 0.222. The van der Waals surface area contributed by atoms with Crippen LogP contribution in [0.15, 0.2) is 23.6 Å². The molecule has 64 valence electrons. The number of aliphatic carboxylic acids is 1. The normalized spacial score (nSPS) is 9.75. The third-order valence-electron chi connectivity index (χ3n) is 1.64. The molecule has 1 aromatic heterocycles. The van der Waals surface area contributed by atoms with Gasteiger partial charge in [-0.1, -0.05) is 6.58 Å². The predicted molar refractivity (Wildman–Crippen MR) is 49.5 cm³/mol. The van der Waals surface area contributed by atoms with Crippen LogP contribution in [0.4, 0.5) is 0 Å². The van der Waals surface area contributed by atoms with Gasteiger partial charge in [-0.2, -0.15) is 0 Å². The van der Waals surface area contributed by atoms with E-state index in [1.54, 1.807) is 11.3 Å². The third-order valence-corrected chi connectivity index (χ3v) is 2.67. The second-order valence-electron chi connectivity index (χ2n) is 2.61. The van der Waals surface area contributed by atoms with Crippen molar-refractivity contribution in [3.63, 3.8) is 0 Å². The lowest BCUT2D eigenvalue weighted by atomic mass is 10.1. The predicted octanol–water partition coefficient (Wildman–Crippen LogP) is 2.24. The molecule has 0 aliphatic rings. The van der Waals surface area contributed by atoms with Crippen LogP contribution in [0.2, 0.25) is 0 Å². The Morgan fingerprint density at radius 1 is 1.75 bits per heavy atom. The average Bonchev–Trinajstić information content (AvgIpc) is 2.36. The Balaban J connectivity index is 2.71. The van der Waals surface area contributed by atoms with Crippen LogP contribution >= 0.6 is 11.3 Å². The smallest absolute Gasteiger partial charge is 0.331 e. The highest BCUT2D eigenvalue weighted by Gasteiger charge is 2.07. The maximum atomic E-state index is 10.4. The van der Waals surface area contributed by atoms with Crippen molar-refractivity contribution >= 4 is 17.3 Å². The zero-order chi connectivity index (χ0) is 9.14. The first kappa shape index (κ1) is 9.00. The lowest BCUT2D eigenvalue weighted by Crippen LogP contribution is -2.01. The summed E-state index contributed by atoms with van der Waals surface area (Å²) >= 11 is 1.57. The number of carboxylic acids is 1. The monoisotopic (exact) mass is 182 g/mol. The van der Waals surface area contributed by atoms with Gasteiger partial charge in [0, 0.05) is 16.9 Å². The maximum absolute atomic E-state index is 10.4. The van der Waals surface area contributed by atoms with Crippen LogP contribution < -0.4 is 0 Å². The standard InChI is InChI=1S/C9H10O2S/c1-6-3-4-12-8(6)5-7(2)9(10)11/h3-4H,2,5H2,1H3,(H,10,11). The first-order valence-corrected chi connectivity index (χ1v) is 4.43. The van der Waals surface area contributed by atoms with Gasteiger partial charge in [-0.3, -0.25) is 0 Å². The first-order valence-electron chi connectivity index (χ1n) is 3.55. The number of carbonyl (C=O) groups is 1. The summed E-state index contributed by atoms with van der Waals surface area (Å²) < 4.78 is 0. The minimum Gasteiger partial charge on any atom is -0.478 e. The van der Waals surface area contributed by atoms with E-state index in [0.29, 0.717) is 6.42 Å². The molecule has 1 rings (SSSR count). The van der Waals surface area contributed by atoms with E-state index in [1.165, 1.54) is 0 Å². The molecule has 1 aromatic rings. The highest BCUT2D eigenvalue weighted by Crippen LogP contribution is 2.18. The van der Waals surface area contributed by atoms with Gasteiger partial charge in [0.1, 0.15) is 0 Å². The van der Waals surface area contributed by atoms with Crippen molar-refractivity contribution in [1.82, 2.24) is 0 Å². The Kier molecular flexibility index (Phi) is 2.65. The molecular weight excluding hydrogens is 172 g/mol. The minimum absolute atomic E-state index is 0.251. The van der Waals surface area contributed by atoms with Crippen molar-refractivity contribution in [2.75, 3.05) is 0 Å². The lowest BCUT2D eigenvalue weighted by molar-refractivity contribution is -0.132. The summed E-state index contributed by atoms with van der Waals surface area (Å²) in [5.74, 6) is -0.914. The van der Waals surface area contributed by atoms with Gasteiger partial charge < -0.3 is 5.11 Å². The van der Waals surface area contributed by atoms with Crippen molar-refractivity contribution in [3.05, 3.63) is 34.0 Å². The van der Waals surface area contributed by atoms with Crippen LogP contribution in [0.1, 0.15) is 10.4 Å². The van der Waals surface area contributed by atoms with Crippen LogP contribution in [0.25, 0.3) is 0 Å². The molecule has 0 radical (unpaired) electrons. The first-order chi connectivity index (χ1) is 5.61. The summed E-state index contributed by atoms with van der Waals surface area (Å²) in [7, 11) is 0. The molecule has 12 heavy (non-hydrogen) atoms. The van der Waals surface area contributed by atoms with Gasteiger partial charge in [-0.05, 0) is 23.9 Å². The minimum atomic E-state index is -0.914. The van der Waals surface area contributed by atoms with Gasteiger partial charge in [0.15, 0.2) is 0 Å². The van der Waals surface area contributed by atoms with Crippen molar-refractivity contribution in [1.29, 1.82) is 0 Å². The summed E-state index contributed by atoms with van der Waals surface area (Å²) in [6.45, 7) is 5.45. The van der Waals surface area contributed by atoms with E-state index in [-0.39, 0.29) is 5.57 Å². The number of aryl methyl sites for hydroxylation is 1. The quantitative estimate of drug-likeness (QED) is 0.728. The van der Waals surface area contributed by atoms with Crippen molar-refractivity contribution in [2.24, 2.45) is 0 Å². The molecule has 2 nitrogen and oxygen atoms in total. The van der Waals surface area contributed by atoms with Gasteiger partial charge in [-0.25, -0.2) is 4.79 Å². The third kappa shape index (κ3) is 1.95. The summed E-state index contributed by atoms with van der Waals surface area (Å²) in [5, 5.41) is 10.5. The number of hydrogen-bond donors (Lipinski definition) is 1. The fourth-order valence-electron chi connectivity index (χ4n) is 0.855. The highest BCUT2D eigenvalue weighted by molar-refractivity contribution is 7.10. The van der Waals surface area contributed by atoms with E-state index in [9.17, 15) is 4.79 Å². The molecule has 0 aliphatic carbocycles. The summed E-state index contributed by atoms with van der Waals surface area (Å²) in [6, 6.07) is 1.98. The lowest BCUT2D eigenvalue weighted by Gasteiger charge is -1.98. The molecule has 0 fully saturated rings. The van der Waals surface area contributed by atoms with Gasteiger partial charge in [-0.15, -0.1) is 11.3 Å². The SMILES string of the molecule is C=C(Cc1sccc1C)C(=O)O. The molecule has 0 amide bonds. The molecule has 0 atom stereocenters. The van der Waals surface area contributed by atoms with Gasteiger partial charge in [0.25, 0.3) is 0 Å². The van der Waals surface area contributed by atoms with E-state index in [2.05, 4.69) is 6.58 Å². The van der Waals surface area contributed by atoms with E-state index in [4.69, 9.17) is 5.11 Å².